The molecule has 0 aromatic carbocycles. The molecule has 0 heterocycles. The molecule has 68 valence electrons. The van der Waals surface area contributed by atoms with Gasteiger partial charge in [0.05, 0.1) is 0 Å². The highest BCUT2D eigenvalue weighted by Crippen LogP contribution is 2.32. The predicted octanol–water partition coefficient (Wildman–Crippen LogP) is 2.48. The molecule has 0 aliphatic rings. The standard InChI is InChI=1S/C5H10N3O3P/c1-3-5(4-2,7-8-6)11-12(9)10/h3-4H2,1-2H3/p+1. The van der Waals surface area contributed by atoms with Crippen molar-refractivity contribution in [2.24, 2.45) is 5.11 Å². The number of nitrogens with zero attached hydrogens (tertiary/aromatic N) is 3. The zero-order valence-electron chi connectivity index (χ0n) is 6.97. The molecule has 0 aromatic heterocycles. The van der Waals surface area contributed by atoms with Crippen LogP contribution in [0.2, 0.25) is 0 Å². The third-order valence-corrected chi connectivity index (χ3v) is 2.08. The molecular formula is C5H11N3O3P+. The van der Waals surface area contributed by atoms with Gasteiger partial charge < -0.3 is 0 Å². The smallest absolute Gasteiger partial charge is 0.133 e. The Morgan fingerprint density at radius 1 is 1.67 bits per heavy atom. The molecule has 1 atom stereocenters. The van der Waals surface area contributed by atoms with Gasteiger partial charge in [-0.15, -0.1) is 9.42 Å². The topological polar surface area (TPSA) is 95.3 Å². The molecule has 0 bridgehead atoms. The van der Waals surface area contributed by atoms with Crippen molar-refractivity contribution in [3.8, 4) is 0 Å². The molecule has 1 unspecified atom stereocenters. The molecule has 0 aromatic rings. The second kappa shape index (κ2) is 5.06. The first-order chi connectivity index (χ1) is 5.60. The Balaban J connectivity index is 4.56. The lowest BCUT2D eigenvalue weighted by Gasteiger charge is -2.16. The molecule has 0 spiro atoms. The zero-order chi connectivity index (χ0) is 9.61. The minimum Gasteiger partial charge on any atom is -0.133 e. The summed E-state index contributed by atoms with van der Waals surface area (Å²) in [6.07, 6.45) is 0.740. The predicted molar refractivity (Wildman–Crippen MR) is 43.4 cm³/mol. The lowest BCUT2D eigenvalue weighted by atomic mass is 10.1. The van der Waals surface area contributed by atoms with Crippen molar-refractivity contribution < 1.29 is 14.0 Å². The zero-order valence-corrected chi connectivity index (χ0v) is 7.86. The van der Waals surface area contributed by atoms with E-state index in [0.29, 0.717) is 12.8 Å². The van der Waals surface area contributed by atoms with Crippen molar-refractivity contribution >= 4 is 8.25 Å². The van der Waals surface area contributed by atoms with E-state index in [1.54, 1.807) is 13.8 Å². The quantitative estimate of drug-likeness (QED) is 0.313. The van der Waals surface area contributed by atoms with E-state index < -0.39 is 14.0 Å². The van der Waals surface area contributed by atoms with Crippen molar-refractivity contribution in [3.05, 3.63) is 10.4 Å². The Morgan fingerprint density at radius 2 is 2.17 bits per heavy atom. The molecule has 6 nitrogen and oxygen atoms in total. The third-order valence-electron chi connectivity index (χ3n) is 1.58. The van der Waals surface area contributed by atoms with Gasteiger partial charge in [0.2, 0.25) is 5.72 Å². The summed E-state index contributed by atoms with van der Waals surface area (Å²) in [5.74, 6) is 0. The van der Waals surface area contributed by atoms with E-state index in [1.807, 2.05) is 0 Å². The van der Waals surface area contributed by atoms with Crippen molar-refractivity contribution in [3.63, 3.8) is 0 Å². The summed E-state index contributed by atoms with van der Waals surface area (Å²) >= 11 is 0. The highest BCUT2D eigenvalue weighted by Gasteiger charge is 2.36. The van der Waals surface area contributed by atoms with E-state index in [4.69, 9.17) is 10.4 Å². The molecule has 0 saturated heterocycles. The largest absolute Gasteiger partial charge is 0.695 e. The Labute approximate surface area is 71.1 Å². The van der Waals surface area contributed by atoms with Crippen LogP contribution in [0.1, 0.15) is 26.7 Å². The van der Waals surface area contributed by atoms with E-state index in [-0.39, 0.29) is 0 Å². The number of hydrogen-bond donors (Lipinski definition) is 1. The van der Waals surface area contributed by atoms with Crippen molar-refractivity contribution in [1.29, 1.82) is 0 Å². The summed E-state index contributed by atoms with van der Waals surface area (Å²) in [4.78, 5) is 11.0. The fourth-order valence-corrected chi connectivity index (χ4v) is 1.35. The first kappa shape index (κ1) is 11.3. The molecular weight excluding hydrogens is 181 g/mol. The Hall–Kier alpha value is -0.670. The first-order valence-corrected chi connectivity index (χ1v) is 4.64. The van der Waals surface area contributed by atoms with Gasteiger partial charge in [0.15, 0.2) is 0 Å². The Bertz CT molecular complexity index is 210. The van der Waals surface area contributed by atoms with Gasteiger partial charge in [-0.3, -0.25) is 0 Å². The number of rotatable bonds is 5. The molecule has 0 radical (unpaired) electrons. The monoisotopic (exact) mass is 192 g/mol. The lowest BCUT2D eigenvalue weighted by Crippen LogP contribution is -2.24. The normalized spacial score (nSPS) is 12.1. The van der Waals surface area contributed by atoms with Crippen LogP contribution in [0, 0.1) is 0 Å². The van der Waals surface area contributed by atoms with Gasteiger partial charge in [0.25, 0.3) is 0 Å². The van der Waals surface area contributed by atoms with Gasteiger partial charge in [0.1, 0.15) is 0 Å². The molecule has 7 heteroatoms. The fraction of sp³-hybridized carbons (Fsp3) is 1.00. The third kappa shape index (κ3) is 3.15. The van der Waals surface area contributed by atoms with Crippen LogP contribution < -0.4 is 0 Å². The first-order valence-electron chi connectivity index (χ1n) is 3.51. The Kier molecular flexibility index (Phi) is 4.78. The second-order valence-corrected chi connectivity index (χ2v) is 2.83. The fourth-order valence-electron chi connectivity index (χ4n) is 0.766. The van der Waals surface area contributed by atoms with E-state index in [9.17, 15) is 4.57 Å². The minimum absolute atomic E-state index is 0.370. The molecule has 0 aliphatic heterocycles. The van der Waals surface area contributed by atoms with Gasteiger partial charge in [-0.05, 0) is 18.4 Å². The van der Waals surface area contributed by atoms with Gasteiger partial charge in [-0.1, -0.05) is 19.0 Å². The summed E-state index contributed by atoms with van der Waals surface area (Å²) in [5.41, 5.74) is 7.01. The van der Waals surface area contributed by atoms with Crippen molar-refractivity contribution in [2.75, 3.05) is 0 Å². The van der Waals surface area contributed by atoms with Crippen LogP contribution in [0.4, 0.5) is 0 Å². The van der Waals surface area contributed by atoms with Crippen LogP contribution in [0.25, 0.3) is 10.4 Å². The molecule has 0 fully saturated rings. The SMILES string of the molecule is CCC(CC)(N=[N+]=[N-])O[P+](=O)O. The van der Waals surface area contributed by atoms with E-state index in [2.05, 4.69) is 14.5 Å². The summed E-state index contributed by atoms with van der Waals surface area (Å²) in [5, 5.41) is 3.35. The van der Waals surface area contributed by atoms with Crippen LogP contribution in [-0.2, 0) is 9.09 Å². The highest BCUT2D eigenvalue weighted by atomic mass is 31.1. The maximum atomic E-state index is 10.4. The maximum Gasteiger partial charge on any atom is 0.695 e. The van der Waals surface area contributed by atoms with Crippen LogP contribution in [0.3, 0.4) is 0 Å². The summed E-state index contributed by atoms with van der Waals surface area (Å²) < 4.78 is 15.0. The summed E-state index contributed by atoms with van der Waals surface area (Å²) in [6.45, 7) is 3.44. The van der Waals surface area contributed by atoms with Crippen LogP contribution in [-0.4, -0.2) is 10.6 Å². The van der Waals surface area contributed by atoms with Crippen LogP contribution >= 0.6 is 8.25 Å². The molecule has 0 amide bonds. The molecule has 0 aliphatic carbocycles. The van der Waals surface area contributed by atoms with Gasteiger partial charge in [0, 0.05) is 9.48 Å². The molecule has 1 N–H and O–H groups in total. The molecule has 0 saturated carbocycles. The number of hydrogen-bond acceptors (Lipinski definition) is 3. The average molecular weight is 192 g/mol. The van der Waals surface area contributed by atoms with Gasteiger partial charge >= 0.3 is 8.25 Å². The van der Waals surface area contributed by atoms with Gasteiger partial charge in [-0.25, -0.2) is 0 Å². The van der Waals surface area contributed by atoms with Crippen LogP contribution in [0.15, 0.2) is 5.11 Å². The second-order valence-electron chi connectivity index (χ2n) is 2.17. The Morgan fingerprint density at radius 3 is 2.42 bits per heavy atom. The maximum absolute atomic E-state index is 10.4. The average Bonchev–Trinajstić information content (AvgIpc) is 2.03. The molecule has 12 heavy (non-hydrogen) atoms. The van der Waals surface area contributed by atoms with Crippen molar-refractivity contribution in [1.82, 2.24) is 0 Å². The summed E-state index contributed by atoms with van der Waals surface area (Å²) in [7, 11) is -2.73. The number of azide groups is 1. The molecule has 0 rings (SSSR count). The van der Waals surface area contributed by atoms with Crippen molar-refractivity contribution in [2.45, 2.75) is 32.4 Å². The van der Waals surface area contributed by atoms with Crippen LogP contribution in [0.5, 0.6) is 0 Å². The highest BCUT2D eigenvalue weighted by molar-refractivity contribution is 7.32. The minimum atomic E-state index is -2.73. The summed E-state index contributed by atoms with van der Waals surface area (Å²) in [6, 6.07) is 0. The lowest BCUT2D eigenvalue weighted by molar-refractivity contribution is 0.0636. The van der Waals surface area contributed by atoms with E-state index in [1.165, 1.54) is 0 Å². The van der Waals surface area contributed by atoms with E-state index >= 15 is 0 Å². The van der Waals surface area contributed by atoms with E-state index in [0.717, 1.165) is 0 Å². The van der Waals surface area contributed by atoms with Gasteiger partial charge in [-0.2, -0.15) is 0 Å².